The molecule has 8 heteroatoms. The third-order valence-corrected chi connectivity index (χ3v) is 3.91. The Morgan fingerprint density at radius 2 is 1.56 bits per heavy atom. The zero-order valence-corrected chi connectivity index (χ0v) is 12.6. The molecular formula is C17H11F7O. The first-order valence-corrected chi connectivity index (χ1v) is 7.31. The summed E-state index contributed by atoms with van der Waals surface area (Å²) in [5, 5.41) is 0. The number of rotatable bonds is 1. The van der Waals surface area contributed by atoms with Crippen LogP contribution >= 0.6 is 0 Å². The second-order valence-electron chi connectivity index (χ2n) is 5.65. The number of hydrogen-bond acceptors (Lipinski definition) is 1. The number of fused-ring (bicyclic) bond motifs is 1. The van der Waals surface area contributed by atoms with E-state index in [0.717, 1.165) is 12.1 Å². The molecule has 0 bridgehead atoms. The summed E-state index contributed by atoms with van der Waals surface area (Å²) in [6.45, 7) is 0.244. The van der Waals surface area contributed by atoms with Crippen LogP contribution in [0, 0.1) is 5.82 Å². The maximum atomic E-state index is 13.8. The Balaban J connectivity index is 2.26. The number of benzene rings is 2. The molecule has 0 amide bonds. The molecule has 0 atom stereocenters. The maximum Gasteiger partial charge on any atom is 0.417 e. The Morgan fingerprint density at radius 3 is 2.20 bits per heavy atom. The first kappa shape index (κ1) is 17.6. The average Bonchev–Trinajstić information content (AvgIpc) is 2.51. The highest BCUT2D eigenvalue weighted by atomic mass is 19.4. The van der Waals surface area contributed by atoms with E-state index in [0.29, 0.717) is 30.5 Å². The Hall–Kier alpha value is -2.25. The van der Waals surface area contributed by atoms with Crippen molar-refractivity contribution in [2.75, 3.05) is 6.61 Å². The molecule has 0 N–H and O–H groups in total. The molecule has 1 heterocycles. The predicted molar refractivity (Wildman–Crippen MR) is 75.7 cm³/mol. The molecule has 0 unspecified atom stereocenters. The summed E-state index contributed by atoms with van der Waals surface area (Å²) in [6, 6.07) is 3.30. The van der Waals surface area contributed by atoms with Gasteiger partial charge >= 0.3 is 12.4 Å². The van der Waals surface area contributed by atoms with Crippen molar-refractivity contribution in [3.63, 3.8) is 0 Å². The summed E-state index contributed by atoms with van der Waals surface area (Å²) in [6.07, 6.45) is -8.96. The van der Waals surface area contributed by atoms with Crippen molar-refractivity contribution in [2.45, 2.75) is 25.2 Å². The standard InChI is InChI=1S/C17H11F7O/c18-11-6-9-2-1-5-25-15(9)13(8-11)12-4-3-10(16(19,20)21)7-14(12)17(22,23)24/h3-4,6-8H,1-2,5H2. The molecule has 0 radical (unpaired) electrons. The zero-order valence-electron chi connectivity index (χ0n) is 12.6. The molecule has 0 aliphatic carbocycles. The number of halogens is 7. The summed E-state index contributed by atoms with van der Waals surface area (Å²) < 4.78 is 97.5. The largest absolute Gasteiger partial charge is 0.493 e. The van der Waals surface area contributed by atoms with Gasteiger partial charge in [-0.2, -0.15) is 26.3 Å². The lowest BCUT2D eigenvalue weighted by atomic mass is 9.92. The summed E-state index contributed by atoms with van der Waals surface area (Å²) in [5.74, 6) is -0.690. The monoisotopic (exact) mass is 364 g/mol. The van der Waals surface area contributed by atoms with Crippen molar-refractivity contribution >= 4 is 0 Å². The van der Waals surface area contributed by atoms with Crippen LogP contribution in [0.3, 0.4) is 0 Å². The quantitative estimate of drug-likeness (QED) is 0.577. The molecule has 0 aromatic heterocycles. The number of alkyl halides is 6. The van der Waals surface area contributed by atoms with Gasteiger partial charge in [0.15, 0.2) is 0 Å². The summed E-state index contributed by atoms with van der Waals surface area (Å²) >= 11 is 0. The topological polar surface area (TPSA) is 9.23 Å². The van der Waals surface area contributed by atoms with E-state index in [4.69, 9.17) is 4.74 Å². The fraction of sp³-hybridized carbons (Fsp3) is 0.294. The summed E-state index contributed by atoms with van der Waals surface area (Å²) in [5.41, 5.74) is -3.25. The second-order valence-corrected chi connectivity index (χ2v) is 5.65. The Bertz CT molecular complexity index is 806. The molecule has 25 heavy (non-hydrogen) atoms. The fourth-order valence-corrected chi connectivity index (χ4v) is 2.83. The molecule has 1 nitrogen and oxygen atoms in total. The van der Waals surface area contributed by atoms with E-state index < -0.39 is 34.9 Å². The van der Waals surface area contributed by atoms with Crippen LogP contribution in [-0.4, -0.2) is 6.61 Å². The lowest BCUT2D eigenvalue weighted by molar-refractivity contribution is -0.142. The smallest absolute Gasteiger partial charge is 0.417 e. The summed E-state index contributed by atoms with van der Waals surface area (Å²) in [7, 11) is 0. The van der Waals surface area contributed by atoms with Crippen LogP contribution in [-0.2, 0) is 18.8 Å². The van der Waals surface area contributed by atoms with Crippen molar-refractivity contribution in [3.05, 3.63) is 52.8 Å². The van der Waals surface area contributed by atoms with Gasteiger partial charge in [0.2, 0.25) is 0 Å². The molecule has 1 aliphatic heterocycles. The summed E-state index contributed by atoms with van der Waals surface area (Å²) in [4.78, 5) is 0. The van der Waals surface area contributed by atoms with Gasteiger partial charge in [0.25, 0.3) is 0 Å². The van der Waals surface area contributed by atoms with E-state index in [1.165, 1.54) is 0 Å². The zero-order chi connectivity index (χ0) is 18.4. The highest BCUT2D eigenvalue weighted by Crippen LogP contribution is 2.45. The van der Waals surface area contributed by atoms with E-state index in [1.54, 1.807) is 0 Å². The fourth-order valence-electron chi connectivity index (χ4n) is 2.83. The minimum atomic E-state index is -5.04. The first-order chi connectivity index (χ1) is 11.6. The van der Waals surface area contributed by atoms with Gasteiger partial charge in [-0.1, -0.05) is 6.07 Å². The van der Waals surface area contributed by atoms with Crippen LogP contribution in [0.15, 0.2) is 30.3 Å². The van der Waals surface area contributed by atoms with Gasteiger partial charge in [0.1, 0.15) is 11.6 Å². The minimum absolute atomic E-state index is 0.0372. The van der Waals surface area contributed by atoms with Crippen LogP contribution < -0.4 is 4.74 Å². The van der Waals surface area contributed by atoms with Gasteiger partial charge in [0, 0.05) is 5.56 Å². The normalized spacial score (nSPS) is 14.8. The molecule has 1 aliphatic rings. The predicted octanol–water partition coefficient (Wildman–Crippen LogP) is 5.86. The second kappa shape index (κ2) is 5.93. The molecule has 134 valence electrons. The third kappa shape index (κ3) is 3.43. The highest BCUT2D eigenvalue weighted by Gasteiger charge is 2.39. The van der Waals surface area contributed by atoms with Crippen molar-refractivity contribution in [1.29, 1.82) is 0 Å². The van der Waals surface area contributed by atoms with Crippen LogP contribution in [0.1, 0.15) is 23.1 Å². The number of aryl methyl sites for hydroxylation is 1. The van der Waals surface area contributed by atoms with Crippen molar-refractivity contribution in [1.82, 2.24) is 0 Å². The molecule has 0 saturated carbocycles. The van der Waals surface area contributed by atoms with Gasteiger partial charge in [-0.3, -0.25) is 0 Å². The molecular weight excluding hydrogens is 353 g/mol. The lowest BCUT2D eigenvalue weighted by Crippen LogP contribution is -2.14. The van der Waals surface area contributed by atoms with Crippen molar-refractivity contribution < 1.29 is 35.5 Å². The van der Waals surface area contributed by atoms with Crippen LogP contribution in [0.25, 0.3) is 11.1 Å². The highest BCUT2D eigenvalue weighted by molar-refractivity contribution is 5.76. The van der Waals surface area contributed by atoms with Crippen molar-refractivity contribution in [3.8, 4) is 16.9 Å². The molecule has 0 fully saturated rings. The third-order valence-electron chi connectivity index (χ3n) is 3.91. The molecule has 0 saturated heterocycles. The van der Waals surface area contributed by atoms with Crippen LogP contribution in [0.5, 0.6) is 5.75 Å². The first-order valence-electron chi connectivity index (χ1n) is 7.31. The Labute approximate surface area is 138 Å². The molecule has 0 spiro atoms. The van der Waals surface area contributed by atoms with Gasteiger partial charge in [0.05, 0.1) is 17.7 Å². The van der Waals surface area contributed by atoms with Crippen LogP contribution in [0.2, 0.25) is 0 Å². The number of ether oxygens (including phenoxy) is 1. The van der Waals surface area contributed by atoms with E-state index in [1.807, 2.05) is 0 Å². The van der Waals surface area contributed by atoms with E-state index in [-0.39, 0.29) is 24.0 Å². The van der Waals surface area contributed by atoms with Gasteiger partial charge in [-0.25, -0.2) is 4.39 Å². The maximum absolute atomic E-state index is 13.8. The molecule has 2 aromatic carbocycles. The van der Waals surface area contributed by atoms with E-state index in [9.17, 15) is 30.7 Å². The van der Waals surface area contributed by atoms with Crippen molar-refractivity contribution in [2.24, 2.45) is 0 Å². The molecule has 2 aromatic rings. The van der Waals surface area contributed by atoms with E-state index in [2.05, 4.69) is 0 Å². The lowest BCUT2D eigenvalue weighted by Gasteiger charge is -2.23. The Kier molecular flexibility index (Phi) is 4.17. The average molecular weight is 364 g/mol. The van der Waals surface area contributed by atoms with E-state index >= 15 is 0 Å². The van der Waals surface area contributed by atoms with Crippen LogP contribution in [0.4, 0.5) is 30.7 Å². The SMILES string of the molecule is Fc1cc2c(c(-c3ccc(C(F)(F)F)cc3C(F)(F)F)c1)OCCC2. The van der Waals surface area contributed by atoms with Gasteiger partial charge in [-0.05, 0) is 48.2 Å². The molecule has 3 rings (SSSR count). The van der Waals surface area contributed by atoms with Gasteiger partial charge < -0.3 is 4.74 Å². The Morgan fingerprint density at radius 1 is 0.840 bits per heavy atom. The number of hydrogen-bond donors (Lipinski definition) is 0. The minimum Gasteiger partial charge on any atom is -0.493 e. The van der Waals surface area contributed by atoms with Gasteiger partial charge in [-0.15, -0.1) is 0 Å².